The largest absolute Gasteiger partial charge is 0.462 e. The highest BCUT2D eigenvalue weighted by atomic mass is 16.5. The minimum Gasteiger partial charge on any atom is -0.462 e. The molecule has 0 saturated carbocycles. The molecule has 0 fully saturated rings. The van der Waals surface area contributed by atoms with Gasteiger partial charge in [-0.25, -0.2) is 4.79 Å². The summed E-state index contributed by atoms with van der Waals surface area (Å²) in [4.78, 5) is 12.0. The lowest BCUT2D eigenvalue weighted by molar-refractivity contribution is -0.139. The summed E-state index contributed by atoms with van der Waals surface area (Å²) >= 11 is 0. The Hall–Kier alpha value is -4.69. The minimum atomic E-state index is -0.370. The molecule has 6 aromatic carbocycles. The van der Waals surface area contributed by atoms with Crippen molar-refractivity contribution in [3.8, 4) is 22.3 Å². The van der Waals surface area contributed by atoms with E-state index < -0.39 is 0 Å². The van der Waals surface area contributed by atoms with Crippen LogP contribution in [0.15, 0.2) is 116 Å². The molecule has 0 amide bonds. The summed E-state index contributed by atoms with van der Waals surface area (Å²) < 4.78 is 5.48. The van der Waals surface area contributed by atoms with Gasteiger partial charge in [0, 0.05) is 11.0 Å². The molecule has 1 aliphatic rings. The lowest BCUT2D eigenvalue weighted by atomic mass is 9.74. The Morgan fingerprint density at radius 1 is 0.795 bits per heavy atom. The van der Waals surface area contributed by atoms with Gasteiger partial charge in [0.25, 0.3) is 0 Å². The number of hydrogen-bond donors (Lipinski definition) is 0. The monoisotopic (exact) mass is 574 g/mol. The Morgan fingerprint density at radius 3 is 2.18 bits per heavy atom. The SMILES string of the molecule is C=CC1(CCCOC(=O)C(=C)C)c2ccccc2-c2ccc(-c3ccc4ccc5cc(C(C)(C)C)cc6ccc3c4c56)cc21. The summed E-state index contributed by atoms with van der Waals surface area (Å²) in [5.74, 6) is -0.337. The van der Waals surface area contributed by atoms with E-state index in [1.165, 1.54) is 71.3 Å². The topological polar surface area (TPSA) is 26.3 Å². The molecule has 1 atom stereocenters. The second kappa shape index (κ2) is 10.2. The van der Waals surface area contributed by atoms with Crippen LogP contribution in [-0.4, -0.2) is 12.6 Å². The first-order chi connectivity index (χ1) is 21.1. The van der Waals surface area contributed by atoms with Gasteiger partial charge >= 0.3 is 5.97 Å². The van der Waals surface area contributed by atoms with Crippen LogP contribution < -0.4 is 0 Å². The third-order valence-corrected chi connectivity index (χ3v) is 9.62. The Labute approximate surface area is 260 Å². The van der Waals surface area contributed by atoms with Crippen molar-refractivity contribution in [2.24, 2.45) is 0 Å². The van der Waals surface area contributed by atoms with Gasteiger partial charge in [-0.1, -0.05) is 118 Å². The number of hydrogen-bond acceptors (Lipinski definition) is 2. The second-order valence-electron chi connectivity index (χ2n) is 13.4. The summed E-state index contributed by atoms with van der Waals surface area (Å²) in [7, 11) is 0. The third-order valence-electron chi connectivity index (χ3n) is 9.62. The molecule has 1 aliphatic carbocycles. The molecular formula is C42H38O2. The maximum absolute atomic E-state index is 12.0. The van der Waals surface area contributed by atoms with Crippen molar-refractivity contribution in [1.29, 1.82) is 0 Å². The maximum atomic E-state index is 12.0. The van der Waals surface area contributed by atoms with E-state index >= 15 is 0 Å². The standard InChI is InChI=1S/C42H38O2/c1-7-42(21-10-22-44-40(43)26(2)3)36-12-9-8-11-33(36)34-19-16-28(25-37(34)42)32-18-15-27-13-14-29-23-31(41(4,5)6)24-30-17-20-35(32)39(27)38(29)30/h7-9,11-20,23-25H,1-2,10,21-22H2,3-6H3. The van der Waals surface area contributed by atoms with Crippen LogP contribution in [-0.2, 0) is 20.4 Å². The number of esters is 1. The zero-order chi connectivity index (χ0) is 30.8. The van der Waals surface area contributed by atoms with E-state index in [2.05, 4.69) is 131 Å². The van der Waals surface area contributed by atoms with Crippen LogP contribution in [0.5, 0.6) is 0 Å². The molecule has 44 heavy (non-hydrogen) atoms. The minimum absolute atomic E-state index is 0.0848. The van der Waals surface area contributed by atoms with Crippen molar-refractivity contribution in [3.63, 3.8) is 0 Å². The molecular weight excluding hydrogens is 536 g/mol. The van der Waals surface area contributed by atoms with Crippen LogP contribution in [0.4, 0.5) is 0 Å². The molecule has 6 aromatic rings. The van der Waals surface area contributed by atoms with Gasteiger partial charge in [0.2, 0.25) is 0 Å². The Bertz CT molecular complexity index is 2100. The van der Waals surface area contributed by atoms with Gasteiger partial charge in [-0.15, -0.1) is 6.58 Å². The normalized spacial score (nSPS) is 15.9. The van der Waals surface area contributed by atoms with Crippen molar-refractivity contribution >= 4 is 38.3 Å². The zero-order valence-corrected chi connectivity index (χ0v) is 26.1. The van der Waals surface area contributed by atoms with E-state index in [1.807, 2.05) is 0 Å². The predicted molar refractivity (Wildman–Crippen MR) is 186 cm³/mol. The van der Waals surface area contributed by atoms with Gasteiger partial charge in [0.1, 0.15) is 0 Å². The van der Waals surface area contributed by atoms with Crippen molar-refractivity contribution in [2.45, 2.75) is 51.4 Å². The first kappa shape index (κ1) is 28.1. The van der Waals surface area contributed by atoms with E-state index in [9.17, 15) is 4.79 Å². The predicted octanol–water partition coefficient (Wildman–Crippen LogP) is 10.9. The number of benzene rings is 6. The number of carbonyl (C=O) groups excluding carboxylic acids is 1. The third kappa shape index (κ3) is 4.27. The molecule has 1 unspecified atom stereocenters. The molecule has 0 bridgehead atoms. The Kier molecular flexibility index (Phi) is 6.51. The molecule has 0 aliphatic heterocycles. The molecule has 0 radical (unpaired) electrons. The van der Waals surface area contributed by atoms with Gasteiger partial charge in [0.15, 0.2) is 0 Å². The summed E-state index contributed by atoms with van der Waals surface area (Å²) in [5.41, 5.74) is 8.95. The molecule has 0 spiro atoms. The zero-order valence-electron chi connectivity index (χ0n) is 26.1. The van der Waals surface area contributed by atoms with Gasteiger partial charge in [0.05, 0.1) is 6.61 Å². The highest BCUT2D eigenvalue weighted by Crippen LogP contribution is 2.53. The van der Waals surface area contributed by atoms with E-state index in [1.54, 1.807) is 6.92 Å². The van der Waals surface area contributed by atoms with Crippen LogP contribution in [0.25, 0.3) is 54.6 Å². The van der Waals surface area contributed by atoms with Gasteiger partial charge in [-0.05, 0) is 103 Å². The van der Waals surface area contributed by atoms with E-state index in [-0.39, 0.29) is 16.8 Å². The first-order valence-electron chi connectivity index (χ1n) is 15.6. The number of carbonyl (C=O) groups is 1. The summed E-state index contributed by atoms with van der Waals surface area (Å²) in [6.07, 6.45) is 3.61. The fourth-order valence-electron chi connectivity index (χ4n) is 7.30. The molecule has 7 rings (SSSR count). The lowest BCUT2D eigenvalue weighted by Gasteiger charge is -2.29. The Morgan fingerprint density at radius 2 is 1.45 bits per heavy atom. The quantitative estimate of drug-likeness (QED) is 0.0623. The molecule has 0 aromatic heterocycles. The van der Waals surface area contributed by atoms with E-state index in [4.69, 9.17) is 4.74 Å². The smallest absolute Gasteiger partial charge is 0.333 e. The summed E-state index contributed by atoms with van der Waals surface area (Å²) in [6, 6.07) is 34.0. The van der Waals surface area contributed by atoms with Crippen molar-refractivity contribution in [2.75, 3.05) is 6.61 Å². The van der Waals surface area contributed by atoms with E-state index in [0.29, 0.717) is 12.2 Å². The molecule has 0 heterocycles. The van der Waals surface area contributed by atoms with Crippen LogP contribution in [0.2, 0.25) is 0 Å². The second-order valence-corrected chi connectivity index (χ2v) is 13.4. The van der Waals surface area contributed by atoms with Gasteiger partial charge < -0.3 is 4.74 Å². The maximum Gasteiger partial charge on any atom is 0.333 e. The molecule has 2 heteroatoms. The van der Waals surface area contributed by atoms with Crippen LogP contribution in [0.1, 0.15) is 57.2 Å². The average Bonchev–Trinajstić information content (AvgIpc) is 3.30. The van der Waals surface area contributed by atoms with Gasteiger partial charge in [-0.3, -0.25) is 0 Å². The van der Waals surface area contributed by atoms with Crippen molar-refractivity contribution < 1.29 is 9.53 Å². The van der Waals surface area contributed by atoms with Crippen molar-refractivity contribution in [3.05, 3.63) is 132 Å². The van der Waals surface area contributed by atoms with E-state index in [0.717, 1.165) is 12.8 Å². The van der Waals surface area contributed by atoms with Crippen LogP contribution in [0.3, 0.4) is 0 Å². The highest BCUT2D eigenvalue weighted by Gasteiger charge is 2.40. The lowest BCUT2D eigenvalue weighted by Crippen LogP contribution is -2.23. The highest BCUT2D eigenvalue weighted by molar-refractivity contribution is 6.25. The van der Waals surface area contributed by atoms with Crippen LogP contribution in [0, 0.1) is 0 Å². The fourth-order valence-corrected chi connectivity index (χ4v) is 7.30. The molecule has 0 saturated heterocycles. The number of ether oxygens (including phenoxy) is 1. The number of fused-ring (bicyclic) bond motifs is 3. The number of allylic oxidation sites excluding steroid dienone is 1. The summed E-state index contributed by atoms with van der Waals surface area (Å²) in [6.45, 7) is 16.9. The van der Waals surface area contributed by atoms with Crippen LogP contribution >= 0.6 is 0 Å². The summed E-state index contributed by atoms with van der Waals surface area (Å²) in [5, 5.41) is 7.80. The molecule has 218 valence electrons. The molecule has 0 N–H and O–H groups in total. The fraction of sp³-hybridized carbons (Fsp3) is 0.214. The number of rotatable bonds is 7. The average molecular weight is 575 g/mol. The first-order valence-corrected chi connectivity index (χ1v) is 15.6. The Balaban J connectivity index is 1.36. The van der Waals surface area contributed by atoms with Gasteiger partial charge in [-0.2, -0.15) is 0 Å². The molecule has 2 nitrogen and oxygen atoms in total. The van der Waals surface area contributed by atoms with Crippen molar-refractivity contribution in [1.82, 2.24) is 0 Å².